The van der Waals surface area contributed by atoms with Crippen molar-refractivity contribution in [3.05, 3.63) is 94.0 Å². The van der Waals surface area contributed by atoms with E-state index in [0.29, 0.717) is 22.3 Å². The van der Waals surface area contributed by atoms with Gasteiger partial charge in [0.1, 0.15) is 11.5 Å². The Bertz CT molecular complexity index is 1060. The molecule has 0 heterocycles. The van der Waals surface area contributed by atoms with E-state index in [1.165, 1.54) is 0 Å². The van der Waals surface area contributed by atoms with Crippen molar-refractivity contribution in [3.63, 3.8) is 0 Å². The fraction of sp³-hybridized carbons (Fsp3) is 0.174. The second-order valence-corrected chi connectivity index (χ2v) is 8.41. The zero-order chi connectivity index (χ0) is 21.2. The van der Waals surface area contributed by atoms with Crippen molar-refractivity contribution in [1.29, 1.82) is 0 Å². The molecule has 0 spiro atoms. The first-order valence-corrected chi connectivity index (χ1v) is 10.7. The van der Waals surface area contributed by atoms with Crippen LogP contribution in [0.2, 0.25) is 0 Å². The van der Waals surface area contributed by atoms with Gasteiger partial charge in [-0.1, -0.05) is 36.4 Å². The molecule has 29 heavy (non-hydrogen) atoms. The minimum atomic E-state index is -4.41. The second kappa shape index (κ2) is 8.24. The zero-order valence-electron chi connectivity index (χ0n) is 16.8. The first-order valence-electron chi connectivity index (χ1n) is 9.16. The van der Waals surface area contributed by atoms with Crippen LogP contribution in [0.1, 0.15) is 38.2 Å². The van der Waals surface area contributed by atoms with Crippen molar-refractivity contribution >= 4 is 13.6 Å². The van der Waals surface area contributed by atoms with Crippen LogP contribution in [-0.2, 0) is 4.57 Å². The SMILES string of the molecule is Cc1cc(C)cc(OP(=O)(O)Oc2c(C)cc(C(=O)c3ccccc3)cc2C)c1. The lowest BCUT2D eigenvalue weighted by atomic mass is 9.99. The normalized spacial score (nSPS) is 12.9. The van der Waals surface area contributed by atoms with Crippen LogP contribution < -0.4 is 9.05 Å². The molecule has 0 aromatic heterocycles. The topological polar surface area (TPSA) is 72.8 Å². The lowest BCUT2D eigenvalue weighted by molar-refractivity contribution is 0.103. The summed E-state index contributed by atoms with van der Waals surface area (Å²) in [5, 5.41) is 0. The molecule has 0 amide bonds. The number of ketones is 1. The van der Waals surface area contributed by atoms with E-state index in [-0.39, 0.29) is 17.3 Å². The average molecular weight is 410 g/mol. The molecule has 0 saturated carbocycles. The van der Waals surface area contributed by atoms with Gasteiger partial charge in [0, 0.05) is 11.1 Å². The minimum Gasteiger partial charge on any atom is -0.395 e. The van der Waals surface area contributed by atoms with Crippen LogP contribution in [0.15, 0.2) is 60.7 Å². The molecule has 0 saturated heterocycles. The van der Waals surface area contributed by atoms with E-state index in [1.807, 2.05) is 26.0 Å². The molecule has 5 nitrogen and oxygen atoms in total. The van der Waals surface area contributed by atoms with Crippen LogP contribution >= 0.6 is 7.82 Å². The molecule has 1 N–H and O–H groups in total. The van der Waals surface area contributed by atoms with E-state index in [1.54, 1.807) is 62.4 Å². The number of phosphoric ester groups is 1. The second-order valence-electron chi connectivity index (χ2n) is 7.11. The van der Waals surface area contributed by atoms with Crippen molar-refractivity contribution in [2.24, 2.45) is 0 Å². The fourth-order valence-electron chi connectivity index (χ4n) is 3.23. The van der Waals surface area contributed by atoms with Crippen molar-refractivity contribution in [2.75, 3.05) is 0 Å². The summed E-state index contributed by atoms with van der Waals surface area (Å²) in [6.07, 6.45) is 0. The van der Waals surface area contributed by atoms with Gasteiger partial charge in [-0.3, -0.25) is 9.69 Å². The van der Waals surface area contributed by atoms with Crippen molar-refractivity contribution in [3.8, 4) is 11.5 Å². The Morgan fingerprint density at radius 3 is 1.90 bits per heavy atom. The predicted molar refractivity (Wildman–Crippen MR) is 113 cm³/mol. The van der Waals surface area contributed by atoms with E-state index in [2.05, 4.69) is 0 Å². The highest BCUT2D eigenvalue weighted by atomic mass is 31.2. The molecule has 0 aliphatic heterocycles. The summed E-state index contributed by atoms with van der Waals surface area (Å²) in [6.45, 7) is 7.20. The number of carbonyl (C=O) groups excluding carboxylic acids is 1. The minimum absolute atomic E-state index is 0.123. The number of aryl methyl sites for hydroxylation is 4. The summed E-state index contributed by atoms with van der Waals surface area (Å²) >= 11 is 0. The average Bonchev–Trinajstić information content (AvgIpc) is 2.63. The van der Waals surface area contributed by atoms with Crippen LogP contribution in [0.25, 0.3) is 0 Å². The lowest BCUT2D eigenvalue weighted by Crippen LogP contribution is -2.06. The number of carbonyl (C=O) groups is 1. The summed E-state index contributed by atoms with van der Waals surface area (Å²) in [6, 6.07) is 17.5. The quantitative estimate of drug-likeness (QED) is 0.416. The van der Waals surface area contributed by atoms with Crippen LogP contribution in [0.4, 0.5) is 0 Å². The van der Waals surface area contributed by atoms with Crippen molar-refractivity contribution < 1.29 is 23.3 Å². The summed E-state index contributed by atoms with van der Waals surface area (Å²) in [5.74, 6) is 0.367. The van der Waals surface area contributed by atoms with Crippen LogP contribution in [0.5, 0.6) is 11.5 Å². The van der Waals surface area contributed by atoms with E-state index in [4.69, 9.17) is 9.05 Å². The first kappa shape index (κ1) is 20.8. The molecule has 1 unspecified atom stereocenters. The molecular weight excluding hydrogens is 387 g/mol. The van der Waals surface area contributed by atoms with E-state index in [0.717, 1.165) is 11.1 Å². The molecule has 0 aliphatic rings. The molecular formula is C23H23O5P. The summed E-state index contributed by atoms with van der Waals surface area (Å²) < 4.78 is 23.2. The van der Waals surface area contributed by atoms with Gasteiger partial charge in [0.05, 0.1) is 0 Å². The van der Waals surface area contributed by atoms with Gasteiger partial charge < -0.3 is 9.05 Å². The summed E-state index contributed by atoms with van der Waals surface area (Å²) in [5.41, 5.74) is 4.03. The maximum Gasteiger partial charge on any atom is 0.584 e. The highest BCUT2D eigenvalue weighted by Gasteiger charge is 2.27. The number of hydrogen-bond acceptors (Lipinski definition) is 4. The third-order valence-corrected chi connectivity index (χ3v) is 5.24. The molecule has 1 atom stereocenters. The van der Waals surface area contributed by atoms with Gasteiger partial charge in [0.25, 0.3) is 0 Å². The molecule has 3 rings (SSSR count). The standard InChI is InChI=1S/C23H23O5P/c1-15-10-16(2)12-21(11-15)27-29(25,26)28-23-17(3)13-20(14-18(23)4)22(24)19-8-6-5-7-9-19/h5-14H,1-4H3,(H,25,26). The molecule has 0 fully saturated rings. The number of phosphoric acid groups is 1. The predicted octanol–water partition coefficient (Wildman–Crippen LogP) is 5.71. The van der Waals surface area contributed by atoms with E-state index in [9.17, 15) is 14.3 Å². The van der Waals surface area contributed by atoms with Crippen molar-refractivity contribution in [2.45, 2.75) is 27.7 Å². The number of hydrogen-bond donors (Lipinski definition) is 1. The van der Waals surface area contributed by atoms with E-state index >= 15 is 0 Å². The summed E-state index contributed by atoms with van der Waals surface area (Å²) in [7, 11) is -4.41. The van der Waals surface area contributed by atoms with Crippen molar-refractivity contribution in [1.82, 2.24) is 0 Å². The lowest BCUT2D eigenvalue weighted by Gasteiger charge is -2.18. The van der Waals surface area contributed by atoms with Gasteiger partial charge in [0.2, 0.25) is 0 Å². The zero-order valence-corrected chi connectivity index (χ0v) is 17.7. The molecule has 0 aliphatic carbocycles. The summed E-state index contributed by atoms with van der Waals surface area (Å²) in [4.78, 5) is 22.9. The third-order valence-electron chi connectivity index (χ3n) is 4.38. The van der Waals surface area contributed by atoms with Gasteiger partial charge in [-0.05, 0) is 74.2 Å². The van der Waals surface area contributed by atoms with Gasteiger partial charge in [-0.2, -0.15) is 0 Å². The van der Waals surface area contributed by atoms with Crippen LogP contribution in [-0.4, -0.2) is 10.7 Å². The Balaban J connectivity index is 1.85. The molecule has 6 heteroatoms. The Hall–Kier alpha value is -2.88. The Labute approximate surface area is 170 Å². The maximum atomic E-state index is 12.7. The Morgan fingerprint density at radius 2 is 1.34 bits per heavy atom. The first-order chi connectivity index (χ1) is 13.6. The molecule has 0 radical (unpaired) electrons. The Kier molecular flexibility index (Phi) is 5.92. The monoisotopic (exact) mass is 410 g/mol. The van der Waals surface area contributed by atoms with Gasteiger partial charge >= 0.3 is 7.82 Å². The highest BCUT2D eigenvalue weighted by Crippen LogP contribution is 2.46. The van der Waals surface area contributed by atoms with Gasteiger partial charge in [-0.15, -0.1) is 0 Å². The fourth-order valence-corrected chi connectivity index (χ4v) is 4.16. The number of rotatable bonds is 6. The smallest absolute Gasteiger partial charge is 0.395 e. The molecule has 3 aromatic carbocycles. The van der Waals surface area contributed by atoms with Gasteiger partial charge in [0.15, 0.2) is 5.78 Å². The molecule has 0 bridgehead atoms. The number of benzene rings is 3. The largest absolute Gasteiger partial charge is 0.584 e. The maximum absolute atomic E-state index is 12.7. The van der Waals surface area contributed by atoms with Gasteiger partial charge in [-0.25, -0.2) is 4.57 Å². The van der Waals surface area contributed by atoms with Crippen LogP contribution in [0, 0.1) is 27.7 Å². The third kappa shape index (κ3) is 5.14. The van der Waals surface area contributed by atoms with Crippen LogP contribution in [0.3, 0.4) is 0 Å². The molecule has 3 aromatic rings. The molecule has 150 valence electrons. The Morgan fingerprint density at radius 1 is 0.793 bits per heavy atom. The highest BCUT2D eigenvalue weighted by molar-refractivity contribution is 7.48. The van der Waals surface area contributed by atoms with E-state index < -0.39 is 7.82 Å².